The fourth-order valence-electron chi connectivity index (χ4n) is 1.80. The molecule has 0 aliphatic rings. The van der Waals surface area contributed by atoms with Gasteiger partial charge >= 0.3 is 11.9 Å². The van der Waals surface area contributed by atoms with Gasteiger partial charge in [-0.25, -0.2) is 0 Å². The zero-order valence-corrected chi connectivity index (χ0v) is 13.0. The van der Waals surface area contributed by atoms with Crippen LogP contribution in [0.25, 0.3) is 0 Å². The molecule has 0 amide bonds. The molecule has 20 heavy (non-hydrogen) atoms. The summed E-state index contributed by atoms with van der Waals surface area (Å²) in [5.74, 6) is -2.11. The molecule has 0 aliphatic carbocycles. The first-order chi connectivity index (χ1) is 9.48. The smallest absolute Gasteiger partial charge is 0.330 e. The van der Waals surface area contributed by atoms with Gasteiger partial charge in [-0.1, -0.05) is 28.1 Å². The molecule has 1 aromatic carbocycles. The number of carbonyl (C=O) groups excluding carboxylic acids is 1. The van der Waals surface area contributed by atoms with Gasteiger partial charge in [0.05, 0.1) is 13.2 Å². The molecule has 0 radical (unpaired) electrons. The van der Waals surface area contributed by atoms with Gasteiger partial charge in [0, 0.05) is 11.1 Å². The SMILES string of the molecule is CCOCC(C(=O)O)(C(=O)OCC)c1cccc(Br)c1. The number of carbonyl (C=O) groups is 2. The van der Waals surface area contributed by atoms with Crippen LogP contribution in [-0.4, -0.2) is 36.9 Å². The fourth-order valence-corrected chi connectivity index (χ4v) is 2.20. The third-order valence-corrected chi connectivity index (χ3v) is 3.32. The second-order valence-corrected chi connectivity index (χ2v) is 4.99. The standard InChI is InChI=1S/C14H17BrO5/c1-3-19-9-14(12(16)17,13(18)20-4-2)10-6-5-7-11(15)8-10/h5-8H,3-4,9H2,1-2H3,(H,16,17). The summed E-state index contributed by atoms with van der Waals surface area (Å²) < 4.78 is 10.9. The molecule has 0 heterocycles. The van der Waals surface area contributed by atoms with Crippen LogP contribution < -0.4 is 0 Å². The van der Waals surface area contributed by atoms with Crippen molar-refractivity contribution in [3.05, 3.63) is 34.3 Å². The van der Waals surface area contributed by atoms with Crippen LogP contribution in [-0.2, 0) is 24.5 Å². The van der Waals surface area contributed by atoms with Crippen LogP contribution in [0.15, 0.2) is 28.7 Å². The number of hydrogen-bond donors (Lipinski definition) is 1. The van der Waals surface area contributed by atoms with Crippen molar-refractivity contribution in [2.24, 2.45) is 0 Å². The second kappa shape index (κ2) is 7.40. The summed E-state index contributed by atoms with van der Waals surface area (Å²) >= 11 is 3.27. The quantitative estimate of drug-likeness (QED) is 0.607. The summed E-state index contributed by atoms with van der Waals surface area (Å²) in [5, 5.41) is 9.60. The third-order valence-electron chi connectivity index (χ3n) is 2.83. The van der Waals surface area contributed by atoms with E-state index in [0.717, 1.165) is 0 Å². The summed E-state index contributed by atoms with van der Waals surface area (Å²) in [7, 11) is 0. The molecule has 1 unspecified atom stereocenters. The highest BCUT2D eigenvalue weighted by Gasteiger charge is 2.50. The minimum Gasteiger partial charge on any atom is -0.480 e. The van der Waals surface area contributed by atoms with E-state index in [1.54, 1.807) is 38.1 Å². The number of halogens is 1. The summed E-state index contributed by atoms with van der Waals surface area (Å²) in [6.07, 6.45) is 0. The lowest BCUT2D eigenvalue weighted by Crippen LogP contribution is -2.49. The van der Waals surface area contributed by atoms with E-state index in [9.17, 15) is 14.7 Å². The second-order valence-electron chi connectivity index (χ2n) is 4.08. The Hall–Kier alpha value is -1.40. The third kappa shape index (κ3) is 3.37. The van der Waals surface area contributed by atoms with Gasteiger partial charge in [0.15, 0.2) is 0 Å². The first-order valence-corrected chi connectivity index (χ1v) is 7.02. The van der Waals surface area contributed by atoms with Gasteiger partial charge in [-0.05, 0) is 31.5 Å². The van der Waals surface area contributed by atoms with Gasteiger partial charge in [-0.2, -0.15) is 0 Å². The minimum absolute atomic E-state index is 0.105. The Morgan fingerprint density at radius 3 is 2.50 bits per heavy atom. The molecule has 1 rings (SSSR count). The molecule has 1 aromatic rings. The normalized spacial score (nSPS) is 13.6. The predicted molar refractivity (Wildman–Crippen MR) is 76.6 cm³/mol. The zero-order chi connectivity index (χ0) is 15.2. The maximum atomic E-state index is 12.2. The van der Waals surface area contributed by atoms with Crippen LogP contribution in [0.2, 0.25) is 0 Å². The topological polar surface area (TPSA) is 72.8 Å². The highest BCUT2D eigenvalue weighted by molar-refractivity contribution is 9.10. The van der Waals surface area contributed by atoms with Crippen molar-refractivity contribution in [3.63, 3.8) is 0 Å². The molecule has 0 saturated heterocycles. The van der Waals surface area contributed by atoms with Crippen molar-refractivity contribution in [2.45, 2.75) is 19.3 Å². The lowest BCUT2D eigenvalue weighted by Gasteiger charge is -2.27. The van der Waals surface area contributed by atoms with Gasteiger partial charge in [0.25, 0.3) is 0 Å². The Balaban J connectivity index is 3.36. The highest BCUT2D eigenvalue weighted by Crippen LogP contribution is 2.29. The van der Waals surface area contributed by atoms with Crippen LogP contribution in [0.3, 0.4) is 0 Å². The van der Waals surface area contributed by atoms with E-state index in [0.29, 0.717) is 16.6 Å². The summed E-state index contributed by atoms with van der Waals surface area (Å²) in [5.41, 5.74) is -1.53. The van der Waals surface area contributed by atoms with Crippen LogP contribution in [0.4, 0.5) is 0 Å². The molecular formula is C14H17BrO5. The van der Waals surface area contributed by atoms with Gasteiger partial charge < -0.3 is 14.6 Å². The summed E-state index contributed by atoms with van der Waals surface area (Å²) in [6, 6.07) is 6.59. The van der Waals surface area contributed by atoms with Crippen molar-refractivity contribution in [1.82, 2.24) is 0 Å². The van der Waals surface area contributed by atoms with Gasteiger partial charge in [-0.15, -0.1) is 0 Å². The number of aliphatic carboxylic acids is 1. The van der Waals surface area contributed by atoms with Crippen LogP contribution in [0.1, 0.15) is 19.4 Å². The Morgan fingerprint density at radius 1 is 1.30 bits per heavy atom. The lowest BCUT2D eigenvalue weighted by molar-refractivity contribution is -0.165. The van der Waals surface area contributed by atoms with Crippen molar-refractivity contribution < 1.29 is 24.2 Å². The average molecular weight is 345 g/mol. The number of hydrogen-bond acceptors (Lipinski definition) is 4. The highest BCUT2D eigenvalue weighted by atomic mass is 79.9. The van der Waals surface area contributed by atoms with Crippen molar-refractivity contribution in [1.29, 1.82) is 0 Å². The van der Waals surface area contributed by atoms with E-state index >= 15 is 0 Å². The Labute approximate surface area is 126 Å². The molecule has 0 saturated carbocycles. The molecule has 0 aromatic heterocycles. The number of benzene rings is 1. The molecule has 0 spiro atoms. The van der Waals surface area contributed by atoms with Crippen LogP contribution >= 0.6 is 15.9 Å². The minimum atomic E-state index is -1.85. The molecule has 0 fully saturated rings. The number of ether oxygens (including phenoxy) is 2. The average Bonchev–Trinajstić information content (AvgIpc) is 2.39. The Kier molecular flexibility index (Phi) is 6.16. The molecular weight excluding hydrogens is 328 g/mol. The van der Waals surface area contributed by atoms with E-state index in [1.807, 2.05) is 0 Å². The number of esters is 1. The predicted octanol–water partition coefficient (Wildman–Crippen LogP) is 2.37. The van der Waals surface area contributed by atoms with Crippen LogP contribution in [0.5, 0.6) is 0 Å². The lowest BCUT2D eigenvalue weighted by atomic mass is 9.81. The largest absolute Gasteiger partial charge is 0.480 e. The van der Waals surface area contributed by atoms with Crippen molar-refractivity contribution in [3.8, 4) is 0 Å². The fraction of sp³-hybridized carbons (Fsp3) is 0.429. The molecule has 110 valence electrons. The van der Waals surface area contributed by atoms with E-state index in [-0.39, 0.29) is 13.2 Å². The molecule has 1 N–H and O–H groups in total. The molecule has 5 nitrogen and oxygen atoms in total. The Bertz CT molecular complexity index is 488. The first-order valence-electron chi connectivity index (χ1n) is 6.23. The van der Waals surface area contributed by atoms with E-state index in [2.05, 4.69) is 15.9 Å². The summed E-state index contributed by atoms with van der Waals surface area (Å²) in [4.78, 5) is 24.0. The van der Waals surface area contributed by atoms with Crippen LogP contribution in [0, 0.1) is 0 Å². The van der Waals surface area contributed by atoms with E-state index < -0.39 is 17.4 Å². The van der Waals surface area contributed by atoms with E-state index in [1.165, 1.54) is 0 Å². The van der Waals surface area contributed by atoms with Gasteiger partial charge in [0.1, 0.15) is 0 Å². The molecule has 6 heteroatoms. The van der Waals surface area contributed by atoms with Gasteiger partial charge in [0.2, 0.25) is 5.41 Å². The number of carboxylic acid groups (broad SMARTS) is 1. The van der Waals surface area contributed by atoms with Gasteiger partial charge in [-0.3, -0.25) is 9.59 Å². The number of carboxylic acids is 1. The maximum Gasteiger partial charge on any atom is 0.330 e. The molecule has 1 atom stereocenters. The zero-order valence-electron chi connectivity index (χ0n) is 11.4. The van der Waals surface area contributed by atoms with Crippen molar-refractivity contribution in [2.75, 3.05) is 19.8 Å². The number of rotatable bonds is 7. The summed E-state index contributed by atoms with van der Waals surface area (Å²) in [6.45, 7) is 3.51. The first kappa shape index (κ1) is 16.7. The molecule has 0 aliphatic heterocycles. The van der Waals surface area contributed by atoms with Crippen molar-refractivity contribution >= 4 is 27.9 Å². The van der Waals surface area contributed by atoms with E-state index in [4.69, 9.17) is 9.47 Å². The monoisotopic (exact) mass is 344 g/mol. The molecule has 0 bridgehead atoms. The Morgan fingerprint density at radius 2 is 2.00 bits per heavy atom. The maximum absolute atomic E-state index is 12.2.